The lowest BCUT2D eigenvalue weighted by atomic mass is 10.2. The number of anilines is 2. The minimum absolute atomic E-state index is 0.477. The molecule has 3 rings (SSSR count). The number of nitrogens with zero attached hydrogens (tertiary/aromatic N) is 5. The fraction of sp³-hybridized carbons (Fsp3) is 0.250. The number of aromatic nitrogens is 4. The molecule has 3 aromatic rings. The number of carbonyl (C=O) groups is 1. The highest BCUT2D eigenvalue weighted by Gasteiger charge is 2.25. The van der Waals surface area contributed by atoms with Crippen LogP contribution in [0.2, 0.25) is 0 Å². The molecule has 0 fully saturated rings. The molecule has 7 nitrogen and oxygen atoms in total. The van der Waals surface area contributed by atoms with Gasteiger partial charge in [-0.2, -0.15) is 5.10 Å². The molecule has 0 aromatic carbocycles. The number of fused-ring (bicyclic) bond motifs is 1. The first-order valence-corrected chi connectivity index (χ1v) is 7.16. The number of hydrogen-bond donors (Lipinski definition) is 0. The predicted molar refractivity (Wildman–Crippen MR) is 85.6 cm³/mol. The molecular formula is C16H17N5O2. The van der Waals surface area contributed by atoms with Crippen molar-refractivity contribution in [3.05, 3.63) is 49.2 Å². The van der Waals surface area contributed by atoms with E-state index in [1.54, 1.807) is 47.4 Å². The Morgan fingerprint density at radius 3 is 2.78 bits per heavy atom. The van der Waals surface area contributed by atoms with Gasteiger partial charge in [-0.25, -0.2) is 19.2 Å². The highest BCUT2D eigenvalue weighted by molar-refractivity contribution is 5.96. The topological polar surface area (TPSA) is 72.6 Å². The van der Waals surface area contributed by atoms with E-state index in [9.17, 15) is 4.79 Å². The van der Waals surface area contributed by atoms with Gasteiger partial charge >= 0.3 is 6.09 Å². The number of pyridine rings is 2. The Bertz CT molecular complexity index is 823. The molecule has 7 heteroatoms. The van der Waals surface area contributed by atoms with Gasteiger partial charge in [-0.15, -0.1) is 0 Å². The van der Waals surface area contributed by atoms with Crippen molar-refractivity contribution >= 4 is 23.1 Å². The first kappa shape index (κ1) is 15.0. The first-order chi connectivity index (χ1) is 10.9. The monoisotopic (exact) mass is 311 g/mol. The fourth-order valence-electron chi connectivity index (χ4n) is 2.10. The molecule has 0 spiro atoms. The largest absolute Gasteiger partial charge is 0.443 e. The Labute approximate surface area is 133 Å². The smallest absolute Gasteiger partial charge is 0.419 e. The van der Waals surface area contributed by atoms with Gasteiger partial charge in [0.2, 0.25) is 0 Å². The molecule has 0 aliphatic rings. The average Bonchev–Trinajstić information content (AvgIpc) is 2.94. The van der Waals surface area contributed by atoms with E-state index >= 15 is 0 Å². The molecule has 3 heterocycles. The summed E-state index contributed by atoms with van der Waals surface area (Å²) in [6, 6.07) is 7.11. The summed E-state index contributed by atoms with van der Waals surface area (Å²) in [4.78, 5) is 22.4. The third-order valence-electron chi connectivity index (χ3n) is 3.00. The van der Waals surface area contributed by atoms with E-state index in [0.717, 1.165) is 0 Å². The summed E-state index contributed by atoms with van der Waals surface area (Å²) in [5, 5.41) is 4.05. The van der Waals surface area contributed by atoms with Crippen LogP contribution in [0.4, 0.5) is 16.2 Å². The van der Waals surface area contributed by atoms with Crippen molar-refractivity contribution in [3.63, 3.8) is 0 Å². The van der Waals surface area contributed by atoms with Gasteiger partial charge in [0.05, 0.1) is 17.6 Å². The second-order valence-electron chi connectivity index (χ2n) is 5.97. The first-order valence-electron chi connectivity index (χ1n) is 7.16. The van der Waals surface area contributed by atoms with E-state index in [1.807, 2.05) is 20.8 Å². The van der Waals surface area contributed by atoms with Crippen LogP contribution in [0, 0.1) is 0 Å². The summed E-state index contributed by atoms with van der Waals surface area (Å²) >= 11 is 0. The van der Waals surface area contributed by atoms with Crippen LogP contribution in [0.1, 0.15) is 20.8 Å². The Hall–Kier alpha value is -2.96. The number of ether oxygens (including phenoxy) is 1. The van der Waals surface area contributed by atoms with Gasteiger partial charge < -0.3 is 4.74 Å². The summed E-state index contributed by atoms with van der Waals surface area (Å²) in [6.07, 6.45) is 5.98. The summed E-state index contributed by atoms with van der Waals surface area (Å²) in [5.41, 5.74) is 1.29. The molecule has 0 bridgehead atoms. The second-order valence-corrected chi connectivity index (χ2v) is 5.97. The van der Waals surface area contributed by atoms with Gasteiger partial charge in [0.25, 0.3) is 0 Å². The minimum atomic E-state index is -0.601. The number of hydrogen-bond acceptors (Lipinski definition) is 5. The summed E-state index contributed by atoms with van der Waals surface area (Å²) < 4.78 is 7.14. The van der Waals surface area contributed by atoms with Crippen molar-refractivity contribution in [2.24, 2.45) is 0 Å². The molecule has 1 amide bonds. The fourth-order valence-corrected chi connectivity index (χ4v) is 2.10. The number of amides is 1. The van der Waals surface area contributed by atoms with Gasteiger partial charge in [0.1, 0.15) is 11.9 Å². The SMILES string of the molecule is CC(C)(C)OC(=O)N(c1cccnc1)c1ccn2ncnc2c1. The van der Waals surface area contributed by atoms with Crippen LogP contribution in [0.15, 0.2) is 49.2 Å². The van der Waals surface area contributed by atoms with Gasteiger partial charge in [0.15, 0.2) is 5.65 Å². The third-order valence-corrected chi connectivity index (χ3v) is 3.00. The maximum atomic E-state index is 12.7. The van der Waals surface area contributed by atoms with Crippen LogP contribution in [-0.4, -0.2) is 31.3 Å². The highest BCUT2D eigenvalue weighted by Crippen LogP contribution is 2.27. The molecule has 118 valence electrons. The van der Waals surface area contributed by atoms with Crippen LogP contribution >= 0.6 is 0 Å². The van der Waals surface area contributed by atoms with Crippen LogP contribution < -0.4 is 4.90 Å². The molecular weight excluding hydrogens is 294 g/mol. The van der Waals surface area contributed by atoms with Crippen LogP contribution in [-0.2, 0) is 4.74 Å². The molecule has 0 aliphatic heterocycles. The van der Waals surface area contributed by atoms with E-state index in [-0.39, 0.29) is 0 Å². The maximum absolute atomic E-state index is 12.7. The minimum Gasteiger partial charge on any atom is -0.443 e. The summed E-state index contributed by atoms with van der Waals surface area (Å²) in [6.45, 7) is 5.48. The lowest BCUT2D eigenvalue weighted by molar-refractivity contribution is 0.0599. The summed E-state index contributed by atoms with van der Waals surface area (Å²) in [7, 11) is 0. The molecule has 0 aliphatic carbocycles. The zero-order valence-corrected chi connectivity index (χ0v) is 13.2. The molecule has 0 atom stereocenters. The molecule has 0 saturated heterocycles. The van der Waals surface area contributed by atoms with E-state index in [2.05, 4.69) is 15.1 Å². The lowest BCUT2D eigenvalue weighted by Crippen LogP contribution is -2.34. The maximum Gasteiger partial charge on any atom is 0.419 e. The van der Waals surface area contributed by atoms with Crippen molar-refractivity contribution in [2.75, 3.05) is 4.90 Å². The third kappa shape index (κ3) is 3.28. The van der Waals surface area contributed by atoms with E-state index in [4.69, 9.17) is 4.74 Å². The zero-order valence-electron chi connectivity index (χ0n) is 13.2. The van der Waals surface area contributed by atoms with Crippen molar-refractivity contribution in [1.82, 2.24) is 19.6 Å². The standard InChI is InChI=1S/C16H17N5O2/c1-16(2,3)23-15(22)21(13-5-4-7-17-10-13)12-6-8-20-14(9-12)18-11-19-20/h4-11H,1-3H3. The average molecular weight is 311 g/mol. The van der Waals surface area contributed by atoms with E-state index in [1.165, 1.54) is 11.2 Å². The van der Waals surface area contributed by atoms with Crippen LogP contribution in [0.3, 0.4) is 0 Å². The summed E-state index contributed by atoms with van der Waals surface area (Å²) in [5.74, 6) is 0. The molecule has 0 unspecified atom stereocenters. The van der Waals surface area contributed by atoms with Crippen molar-refractivity contribution < 1.29 is 9.53 Å². The Kier molecular flexibility index (Phi) is 3.69. The number of carbonyl (C=O) groups excluding carboxylic acids is 1. The van der Waals surface area contributed by atoms with Crippen molar-refractivity contribution in [3.8, 4) is 0 Å². The van der Waals surface area contributed by atoms with Crippen LogP contribution in [0.25, 0.3) is 5.65 Å². The molecule has 0 radical (unpaired) electrons. The Balaban J connectivity index is 2.05. The molecule has 3 aromatic heterocycles. The van der Waals surface area contributed by atoms with Gasteiger partial charge in [-0.3, -0.25) is 4.98 Å². The quantitative estimate of drug-likeness (QED) is 0.726. The van der Waals surface area contributed by atoms with Gasteiger partial charge in [-0.05, 0) is 39.0 Å². The Morgan fingerprint density at radius 1 is 1.26 bits per heavy atom. The normalized spacial score (nSPS) is 11.4. The van der Waals surface area contributed by atoms with E-state index < -0.39 is 11.7 Å². The lowest BCUT2D eigenvalue weighted by Gasteiger charge is -2.27. The molecule has 23 heavy (non-hydrogen) atoms. The van der Waals surface area contributed by atoms with Crippen molar-refractivity contribution in [1.29, 1.82) is 0 Å². The molecule has 0 saturated carbocycles. The highest BCUT2D eigenvalue weighted by atomic mass is 16.6. The zero-order chi connectivity index (χ0) is 16.4. The van der Waals surface area contributed by atoms with E-state index in [0.29, 0.717) is 17.0 Å². The van der Waals surface area contributed by atoms with Crippen molar-refractivity contribution in [2.45, 2.75) is 26.4 Å². The molecule has 0 N–H and O–H groups in total. The Morgan fingerprint density at radius 2 is 2.09 bits per heavy atom. The van der Waals surface area contributed by atoms with Crippen LogP contribution in [0.5, 0.6) is 0 Å². The van der Waals surface area contributed by atoms with Gasteiger partial charge in [-0.1, -0.05) is 0 Å². The predicted octanol–water partition coefficient (Wildman–Crippen LogP) is 3.20. The number of rotatable bonds is 2. The second kappa shape index (κ2) is 5.68. The van der Waals surface area contributed by atoms with Gasteiger partial charge in [0, 0.05) is 18.5 Å².